The number of sulfone groups is 1. The third kappa shape index (κ3) is 3.30. The predicted molar refractivity (Wildman–Crippen MR) is 89.4 cm³/mol. The van der Waals surface area contributed by atoms with Gasteiger partial charge in [0.05, 0.1) is 10.6 Å². The Hall–Kier alpha value is -2.47. The molecule has 27 heavy (non-hydrogen) atoms. The van der Waals surface area contributed by atoms with Crippen molar-refractivity contribution in [3.63, 3.8) is 0 Å². The van der Waals surface area contributed by atoms with Crippen LogP contribution in [0, 0.1) is 0 Å². The van der Waals surface area contributed by atoms with Crippen LogP contribution in [0.3, 0.4) is 0 Å². The van der Waals surface area contributed by atoms with Crippen LogP contribution in [0.5, 0.6) is 0 Å². The molecule has 12 heteroatoms. The number of nitrogens with zero attached hydrogens (tertiary/aromatic N) is 2. The quantitative estimate of drug-likeness (QED) is 0.599. The maximum atomic E-state index is 12.7. The molecule has 1 unspecified atom stereocenters. The number of halogens is 3. The average Bonchev–Trinajstić information content (AvgIpc) is 3.04. The maximum Gasteiger partial charge on any atom is 0.501 e. The molecule has 3 aromatic rings. The molecular weight excluding hydrogens is 409 g/mol. The van der Waals surface area contributed by atoms with Gasteiger partial charge in [0.2, 0.25) is 5.89 Å². The van der Waals surface area contributed by atoms with Gasteiger partial charge in [-0.15, -0.1) is 0 Å². The van der Waals surface area contributed by atoms with Crippen molar-refractivity contribution in [3.8, 4) is 11.6 Å². The fourth-order valence-corrected chi connectivity index (χ4v) is 4.10. The topological polar surface area (TPSA) is 112 Å². The predicted octanol–water partition coefficient (Wildman–Crippen LogP) is 3.13. The van der Waals surface area contributed by atoms with Crippen molar-refractivity contribution in [2.24, 2.45) is 0 Å². The molecule has 0 aliphatic heterocycles. The Balaban J connectivity index is 2.18. The van der Waals surface area contributed by atoms with Gasteiger partial charge in [-0.25, -0.2) is 22.6 Å². The monoisotopic (exact) mass is 421 g/mol. The van der Waals surface area contributed by atoms with Crippen LogP contribution in [0.25, 0.3) is 22.7 Å². The SMILES string of the molecule is CCS(=O)(=[OH+])c1cccnc1-c1nc2cc(S(=O)(=O)C(F)(F)F)ccc2o1. The number of pyridine rings is 1. The van der Waals surface area contributed by atoms with Crippen LogP contribution < -0.4 is 0 Å². The molecule has 144 valence electrons. The van der Waals surface area contributed by atoms with Crippen LogP contribution in [-0.4, -0.2) is 38.1 Å². The van der Waals surface area contributed by atoms with Gasteiger partial charge < -0.3 is 4.42 Å². The zero-order valence-electron chi connectivity index (χ0n) is 13.6. The standard InChI is InChI=1S/C15H11F3N2O5S2/c1-2-26(21,22)12-4-3-7-19-13(12)14-20-10-8-9(5-6-11(10)25-14)27(23,24)15(16,17)18/h3-8H,2H2,1H3/p+1. The third-order valence-electron chi connectivity index (χ3n) is 3.68. The Morgan fingerprint density at radius 1 is 1.19 bits per heavy atom. The lowest BCUT2D eigenvalue weighted by atomic mass is 10.3. The van der Waals surface area contributed by atoms with E-state index in [-0.39, 0.29) is 33.3 Å². The summed E-state index contributed by atoms with van der Waals surface area (Å²) in [5, 5.41) is 0. The summed E-state index contributed by atoms with van der Waals surface area (Å²) in [5.41, 5.74) is -5.66. The number of aromatic nitrogens is 2. The second kappa shape index (κ2) is 6.30. The van der Waals surface area contributed by atoms with Gasteiger partial charge in [0.1, 0.15) is 16.1 Å². The summed E-state index contributed by atoms with van der Waals surface area (Å²) < 4.78 is 89.0. The van der Waals surface area contributed by atoms with Crippen molar-refractivity contribution >= 4 is 30.8 Å². The molecule has 1 aromatic carbocycles. The van der Waals surface area contributed by atoms with Gasteiger partial charge in [-0.3, -0.25) is 0 Å². The summed E-state index contributed by atoms with van der Waals surface area (Å²) in [4.78, 5) is 6.90. The molecule has 0 radical (unpaired) electrons. The number of fused-ring (bicyclic) bond motifs is 1. The number of alkyl halides is 3. The molecule has 2 aromatic heterocycles. The van der Waals surface area contributed by atoms with Gasteiger partial charge in [-0.2, -0.15) is 17.4 Å². The van der Waals surface area contributed by atoms with Gasteiger partial charge in [0, 0.05) is 6.20 Å². The molecule has 2 heterocycles. The van der Waals surface area contributed by atoms with E-state index in [0.29, 0.717) is 0 Å². The minimum Gasteiger partial charge on any atom is -0.435 e. The highest BCUT2D eigenvalue weighted by molar-refractivity contribution is 7.92. The number of rotatable bonds is 4. The number of benzene rings is 1. The first-order valence-electron chi connectivity index (χ1n) is 7.39. The highest BCUT2D eigenvalue weighted by atomic mass is 32.2. The van der Waals surface area contributed by atoms with Crippen LogP contribution in [0.4, 0.5) is 13.2 Å². The molecule has 0 aliphatic rings. The van der Waals surface area contributed by atoms with E-state index in [2.05, 4.69) is 9.97 Å². The van der Waals surface area contributed by atoms with Crippen LogP contribution in [0.15, 0.2) is 50.7 Å². The maximum absolute atomic E-state index is 12.7. The Morgan fingerprint density at radius 2 is 1.89 bits per heavy atom. The van der Waals surface area contributed by atoms with E-state index in [0.717, 1.165) is 18.2 Å². The molecule has 0 saturated heterocycles. The number of hydrogen-bond donors (Lipinski definition) is 0. The summed E-state index contributed by atoms with van der Waals surface area (Å²) in [5.74, 6) is -0.308. The highest BCUT2D eigenvalue weighted by Gasteiger charge is 2.47. The summed E-state index contributed by atoms with van der Waals surface area (Å²) in [7, 11) is -8.96. The Kier molecular flexibility index (Phi) is 4.50. The van der Waals surface area contributed by atoms with Gasteiger partial charge in [-0.05, 0) is 37.3 Å². The first-order valence-corrected chi connectivity index (χ1v) is 10.6. The van der Waals surface area contributed by atoms with Gasteiger partial charge in [-0.1, -0.05) is 0 Å². The lowest BCUT2D eigenvalue weighted by Crippen LogP contribution is -2.23. The molecule has 0 aliphatic carbocycles. The fraction of sp³-hybridized carbons (Fsp3) is 0.200. The van der Waals surface area contributed by atoms with Gasteiger partial charge >= 0.3 is 15.3 Å². The molecule has 7 nitrogen and oxygen atoms in total. The zero-order valence-corrected chi connectivity index (χ0v) is 15.2. The van der Waals surface area contributed by atoms with E-state index in [9.17, 15) is 30.0 Å². The first-order chi connectivity index (χ1) is 12.5. The lowest BCUT2D eigenvalue weighted by Gasteiger charge is -2.07. The fourth-order valence-electron chi connectivity index (χ4n) is 2.27. The Bertz CT molecular complexity index is 1230. The van der Waals surface area contributed by atoms with Crippen LogP contribution in [-0.2, 0) is 19.7 Å². The summed E-state index contributed by atoms with van der Waals surface area (Å²) in [6.07, 6.45) is 1.33. The molecule has 3 rings (SSSR count). The highest BCUT2D eigenvalue weighted by Crippen LogP contribution is 2.33. The van der Waals surface area contributed by atoms with Crippen molar-refractivity contribution < 1.29 is 34.4 Å². The molecular formula is C15H12F3N2O5S2+. The van der Waals surface area contributed by atoms with Crippen molar-refractivity contribution in [2.45, 2.75) is 22.2 Å². The van der Waals surface area contributed by atoms with E-state index in [1.807, 2.05) is 0 Å². The second-order valence-electron chi connectivity index (χ2n) is 5.38. The summed E-state index contributed by atoms with van der Waals surface area (Å²) in [6, 6.07) is 5.32. The van der Waals surface area contributed by atoms with Crippen molar-refractivity contribution in [1.82, 2.24) is 9.97 Å². The van der Waals surface area contributed by atoms with Crippen molar-refractivity contribution in [3.05, 3.63) is 36.5 Å². The normalized spacial score (nSPS) is 15.0. The zero-order chi connectivity index (χ0) is 20.0. The Labute approximate surface area is 151 Å². The van der Waals surface area contributed by atoms with E-state index in [1.54, 1.807) is 0 Å². The van der Waals surface area contributed by atoms with Crippen molar-refractivity contribution in [1.29, 1.82) is 0 Å². The van der Waals surface area contributed by atoms with E-state index in [1.165, 1.54) is 25.3 Å². The summed E-state index contributed by atoms with van der Waals surface area (Å²) >= 11 is 0. The minimum absolute atomic E-state index is 0.00339. The van der Waals surface area contributed by atoms with Gasteiger partial charge in [0.15, 0.2) is 5.58 Å². The molecule has 0 saturated carbocycles. The minimum atomic E-state index is -5.54. The molecule has 0 amide bonds. The lowest BCUT2D eigenvalue weighted by molar-refractivity contribution is -0.0435. The molecule has 0 bridgehead atoms. The van der Waals surface area contributed by atoms with E-state index < -0.39 is 30.1 Å². The number of oxazole rings is 1. The molecule has 0 spiro atoms. The second-order valence-corrected chi connectivity index (χ2v) is 9.62. The molecule has 0 fully saturated rings. The largest absolute Gasteiger partial charge is 0.501 e. The number of hydrogen-bond acceptors (Lipinski definition) is 6. The van der Waals surface area contributed by atoms with E-state index >= 15 is 0 Å². The smallest absolute Gasteiger partial charge is 0.435 e. The summed E-state index contributed by atoms with van der Waals surface area (Å²) in [6.45, 7) is 1.50. The molecule has 1 atom stereocenters. The third-order valence-corrected chi connectivity index (χ3v) is 6.97. The van der Waals surface area contributed by atoms with E-state index in [4.69, 9.17) is 4.42 Å². The van der Waals surface area contributed by atoms with Crippen LogP contribution in [0.1, 0.15) is 6.92 Å². The van der Waals surface area contributed by atoms with Gasteiger partial charge in [0.25, 0.3) is 9.84 Å². The van der Waals surface area contributed by atoms with Crippen LogP contribution >= 0.6 is 0 Å². The molecule has 1 N–H and O–H groups in total. The average molecular weight is 421 g/mol. The van der Waals surface area contributed by atoms with Crippen molar-refractivity contribution in [2.75, 3.05) is 5.75 Å². The van der Waals surface area contributed by atoms with Crippen LogP contribution in [0.2, 0.25) is 0 Å². The Morgan fingerprint density at radius 3 is 2.52 bits per heavy atom. The first kappa shape index (κ1) is 19.3.